The first-order valence-corrected chi connectivity index (χ1v) is 15.2. The van der Waals surface area contributed by atoms with E-state index >= 15 is 0 Å². The molecule has 1 saturated heterocycles. The van der Waals surface area contributed by atoms with Crippen molar-refractivity contribution in [3.8, 4) is 28.1 Å². The number of carbonyl (C=O) groups is 1. The first-order valence-electron chi connectivity index (χ1n) is 14.4. The summed E-state index contributed by atoms with van der Waals surface area (Å²) >= 11 is 12.7. The summed E-state index contributed by atoms with van der Waals surface area (Å²) in [5, 5.41) is 4.22. The number of halogens is 2. The summed E-state index contributed by atoms with van der Waals surface area (Å²) in [6.07, 6.45) is 2.58. The van der Waals surface area contributed by atoms with Gasteiger partial charge in [0.1, 0.15) is 12.4 Å². The van der Waals surface area contributed by atoms with Gasteiger partial charge in [-0.15, -0.1) is 0 Å². The minimum atomic E-state index is -0.338. The number of benzene rings is 4. The molecule has 9 heteroatoms. The number of esters is 1. The van der Waals surface area contributed by atoms with Crippen LogP contribution in [-0.4, -0.2) is 55.5 Å². The minimum absolute atomic E-state index is 0.0741. The fraction of sp³-hybridized carbons (Fsp3) is 0.200. The lowest BCUT2D eigenvalue weighted by Gasteiger charge is -2.28. The number of morpholine rings is 1. The molecule has 1 aliphatic rings. The van der Waals surface area contributed by atoms with E-state index < -0.39 is 0 Å². The van der Waals surface area contributed by atoms with Crippen molar-refractivity contribution >= 4 is 40.5 Å². The Bertz CT molecular complexity index is 1750. The maximum Gasteiger partial charge on any atom is 0.325 e. The SMILES string of the molecule is COC(=O)CNc1cccc(-n2cc(-c3ccc(Cl)cc3Cl)nc2Cc2ccc(-c3ccc(N4CCOCC4)cc3)cc2)c1. The van der Waals surface area contributed by atoms with Crippen molar-refractivity contribution in [3.63, 3.8) is 0 Å². The van der Waals surface area contributed by atoms with E-state index in [1.54, 1.807) is 6.07 Å². The maximum absolute atomic E-state index is 11.7. The second-order valence-electron chi connectivity index (χ2n) is 10.5. The first-order chi connectivity index (χ1) is 21.5. The Labute approximate surface area is 267 Å². The topological polar surface area (TPSA) is 68.6 Å². The van der Waals surface area contributed by atoms with Crippen LogP contribution in [0.3, 0.4) is 0 Å². The number of carbonyl (C=O) groups excluding carboxylic acids is 1. The summed E-state index contributed by atoms with van der Waals surface area (Å²) in [7, 11) is 1.37. The lowest BCUT2D eigenvalue weighted by atomic mass is 10.0. The van der Waals surface area contributed by atoms with Gasteiger partial charge in [0, 0.05) is 53.4 Å². The van der Waals surface area contributed by atoms with Crippen LogP contribution in [0.5, 0.6) is 0 Å². The number of imidazole rings is 1. The van der Waals surface area contributed by atoms with Gasteiger partial charge < -0.3 is 24.3 Å². The van der Waals surface area contributed by atoms with Gasteiger partial charge in [0.25, 0.3) is 0 Å². The van der Waals surface area contributed by atoms with Gasteiger partial charge in [-0.05, 0) is 65.2 Å². The molecule has 0 radical (unpaired) electrons. The molecule has 4 aromatic carbocycles. The Morgan fingerprint density at radius 1 is 0.909 bits per heavy atom. The lowest BCUT2D eigenvalue weighted by molar-refractivity contribution is -0.138. The molecule has 44 heavy (non-hydrogen) atoms. The van der Waals surface area contributed by atoms with Gasteiger partial charge in [0.05, 0.1) is 31.0 Å². The summed E-state index contributed by atoms with van der Waals surface area (Å²) in [5.41, 5.74) is 7.91. The van der Waals surface area contributed by atoms with Gasteiger partial charge in [-0.3, -0.25) is 4.79 Å². The Morgan fingerprint density at radius 3 is 2.34 bits per heavy atom. The normalized spacial score (nSPS) is 13.1. The summed E-state index contributed by atoms with van der Waals surface area (Å²) in [5.74, 6) is 0.508. The monoisotopic (exact) mass is 626 g/mol. The van der Waals surface area contributed by atoms with E-state index in [1.165, 1.54) is 18.4 Å². The van der Waals surface area contributed by atoms with Crippen LogP contribution in [0.15, 0.2) is 97.2 Å². The number of ether oxygens (including phenoxy) is 2. The van der Waals surface area contributed by atoms with Crippen molar-refractivity contribution in [2.24, 2.45) is 0 Å². The predicted molar refractivity (Wildman–Crippen MR) is 177 cm³/mol. The molecular formula is C35H32Cl2N4O3. The highest BCUT2D eigenvalue weighted by molar-refractivity contribution is 6.36. The van der Waals surface area contributed by atoms with Crippen molar-refractivity contribution < 1.29 is 14.3 Å². The second-order valence-corrected chi connectivity index (χ2v) is 11.4. The molecule has 0 spiro atoms. The quantitative estimate of drug-likeness (QED) is 0.171. The van der Waals surface area contributed by atoms with Gasteiger partial charge >= 0.3 is 5.97 Å². The molecule has 0 bridgehead atoms. The van der Waals surface area contributed by atoms with Crippen molar-refractivity contribution in [2.45, 2.75) is 6.42 Å². The number of methoxy groups -OCH3 is 1. The largest absolute Gasteiger partial charge is 0.468 e. The van der Waals surface area contributed by atoms with Crippen LogP contribution in [0, 0.1) is 0 Å². The molecule has 1 fully saturated rings. The molecule has 0 atom stereocenters. The third-order valence-corrected chi connectivity index (χ3v) is 8.22. The van der Waals surface area contributed by atoms with Gasteiger partial charge in [-0.1, -0.05) is 65.7 Å². The third-order valence-electron chi connectivity index (χ3n) is 7.67. The van der Waals surface area contributed by atoms with Crippen molar-refractivity contribution in [1.29, 1.82) is 0 Å². The highest BCUT2D eigenvalue weighted by Gasteiger charge is 2.16. The standard InChI is InChI=1S/C35H32Cl2N4O3/c1-43-35(42)22-38-28-3-2-4-30(21-28)41-23-33(31-14-11-27(36)20-32(31)37)39-34(41)19-24-5-7-25(8-6-24)26-9-12-29(13-10-26)40-15-17-44-18-16-40/h2-14,20-21,23,38H,15-19,22H2,1H3. The summed E-state index contributed by atoms with van der Waals surface area (Å²) in [4.78, 5) is 19.1. The third kappa shape index (κ3) is 6.91. The average Bonchev–Trinajstić information content (AvgIpc) is 3.48. The number of anilines is 2. The van der Waals surface area contributed by atoms with Crippen molar-refractivity contribution in [3.05, 3.63) is 119 Å². The smallest absolute Gasteiger partial charge is 0.325 e. The Morgan fingerprint density at radius 2 is 1.64 bits per heavy atom. The van der Waals surface area contributed by atoms with Crippen LogP contribution in [0.25, 0.3) is 28.1 Å². The molecule has 5 aromatic rings. The van der Waals surface area contributed by atoms with Gasteiger partial charge in [-0.2, -0.15) is 0 Å². The highest BCUT2D eigenvalue weighted by atomic mass is 35.5. The zero-order valence-electron chi connectivity index (χ0n) is 24.3. The Hall–Kier alpha value is -4.30. The van der Waals surface area contributed by atoms with Crippen LogP contribution < -0.4 is 10.2 Å². The molecule has 0 unspecified atom stereocenters. The molecule has 0 saturated carbocycles. The summed E-state index contributed by atoms with van der Waals surface area (Å²) in [6.45, 7) is 3.46. The van der Waals surface area contributed by atoms with Gasteiger partial charge in [0.15, 0.2) is 0 Å². The average molecular weight is 628 g/mol. The van der Waals surface area contributed by atoms with E-state index in [4.69, 9.17) is 37.7 Å². The number of rotatable bonds is 9. The fourth-order valence-electron chi connectivity index (χ4n) is 5.29. The molecule has 0 aliphatic carbocycles. The molecule has 6 rings (SSSR count). The maximum atomic E-state index is 11.7. The molecule has 1 aromatic heterocycles. The van der Waals surface area contributed by atoms with Crippen LogP contribution in [0.2, 0.25) is 10.0 Å². The number of aromatic nitrogens is 2. The summed E-state index contributed by atoms with van der Waals surface area (Å²) in [6, 6.07) is 30.6. The van der Waals surface area contributed by atoms with E-state index in [9.17, 15) is 4.79 Å². The van der Waals surface area contributed by atoms with E-state index in [0.29, 0.717) is 16.5 Å². The molecule has 224 valence electrons. The predicted octanol–water partition coefficient (Wildman–Crippen LogP) is 7.53. The number of nitrogens with one attached hydrogen (secondary N) is 1. The molecule has 1 aliphatic heterocycles. The van der Waals surface area contributed by atoms with E-state index in [1.807, 2.05) is 42.6 Å². The van der Waals surface area contributed by atoms with E-state index in [-0.39, 0.29) is 12.5 Å². The van der Waals surface area contributed by atoms with Crippen molar-refractivity contribution in [2.75, 3.05) is 50.2 Å². The highest BCUT2D eigenvalue weighted by Crippen LogP contribution is 2.32. The Balaban J connectivity index is 1.27. The van der Waals surface area contributed by atoms with Crippen LogP contribution >= 0.6 is 23.2 Å². The van der Waals surface area contributed by atoms with E-state index in [0.717, 1.165) is 65.9 Å². The van der Waals surface area contributed by atoms with E-state index in [2.05, 4.69) is 63.3 Å². The Kier molecular flexibility index (Phi) is 9.17. The first kappa shape index (κ1) is 29.8. The minimum Gasteiger partial charge on any atom is -0.468 e. The molecular weight excluding hydrogens is 595 g/mol. The van der Waals surface area contributed by atoms with Crippen LogP contribution in [0.1, 0.15) is 11.4 Å². The molecule has 2 heterocycles. The van der Waals surface area contributed by atoms with Gasteiger partial charge in [-0.25, -0.2) is 4.98 Å². The van der Waals surface area contributed by atoms with Crippen LogP contribution in [-0.2, 0) is 20.7 Å². The van der Waals surface area contributed by atoms with Gasteiger partial charge in [0.2, 0.25) is 0 Å². The second kappa shape index (κ2) is 13.6. The zero-order chi connectivity index (χ0) is 30.5. The molecule has 7 nitrogen and oxygen atoms in total. The number of nitrogens with zero attached hydrogens (tertiary/aromatic N) is 3. The fourth-order valence-corrected chi connectivity index (χ4v) is 5.80. The van der Waals surface area contributed by atoms with Crippen LogP contribution in [0.4, 0.5) is 11.4 Å². The molecule has 0 amide bonds. The summed E-state index contributed by atoms with van der Waals surface area (Å²) < 4.78 is 12.3. The zero-order valence-corrected chi connectivity index (χ0v) is 25.8. The number of hydrogen-bond acceptors (Lipinski definition) is 6. The lowest BCUT2D eigenvalue weighted by Crippen LogP contribution is -2.36. The number of hydrogen-bond donors (Lipinski definition) is 1. The van der Waals surface area contributed by atoms with Crippen molar-refractivity contribution in [1.82, 2.24) is 9.55 Å². The molecule has 1 N–H and O–H groups in total.